The molecule has 0 bridgehead atoms. The number of ether oxygens (including phenoxy) is 2. The maximum Gasteiger partial charge on any atom is 0.311 e. The van der Waals surface area contributed by atoms with Gasteiger partial charge in [-0.15, -0.1) is 11.3 Å². The van der Waals surface area contributed by atoms with Crippen LogP contribution in [0.1, 0.15) is 12.8 Å². The second kappa shape index (κ2) is 8.27. The summed E-state index contributed by atoms with van der Waals surface area (Å²) in [6.07, 6.45) is 0.520. The fourth-order valence-electron chi connectivity index (χ4n) is 1.96. The number of esters is 1. The molecule has 0 amide bonds. The number of sulfonamides is 1. The van der Waals surface area contributed by atoms with Crippen molar-refractivity contribution in [3.8, 4) is 11.5 Å². The number of methoxy groups -OCH3 is 1. The molecule has 0 aliphatic carbocycles. The normalized spacial score (nSPS) is 11.5. The Labute approximate surface area is 145 Å². The van der Waals surface area contributed by atoms with E-state index in [9.17, 15) is 13.2 Å². The summed E-state index contributed by atoms with van der Waals surface area (Å²) in [5.41, 5.74) is 0. The van der Waals surface area contributed by atoms with Crippen molar-refractivity contribution in [2.45, 2.75) is 17.1 Å². The number of hydrogen-bond donors (Lipinski definition) is 0. The van der Waals surface area contributed by atoms with Gasteiger partial charge in [0.05, 0.1) is 7.11 Å². The third-order valence-corrected chi connectivity index (χ3v) is 6.53. The van der Waals surface area contributed by atoms with Gasteiger partial charge in [-0.1, -0.05) is 6.07 Å². The minimum absolute atomic E-state index is 0.135. The van der Waals surface area contributed by atoms with Crippen LogP contribution >= 0.6 is 11.3 Å². The van der Waals surface area contributed by atoms with E-state index in [0.717, 1.165) is 0 Å². The first-order chi connectivity index (χ1) is 11.4. The zero-order valence-corrected chi connectivity index (χ0v) is 15.1. The number of carbonyl (C=O) groups is 1. The number of carbonyl (C=O) groups excluding carboxylic acids is 1. The Morgan fingerprint density at radius 3 is 2.42 bits per heavy atom. The molecule has 6 nitrogen and oxygen atoms in total. The summed E-state index contributed by atoms with van der Waals surface area (Å²) in [6.45, 7) is 0.248. The van der Waals surface area contributed by atoms with E-state index in [1.54, 1.807) is 48.9 Å². The van der Waals surface area contributed by atoms with E-state index in [4.69, 9.17) is 9.47 Å². The summed E-state index contributed by atoms with van der Waals surface area (Å²) >= 11 is 1.17. The highest BCUT2D eigenvalue weighted by molar-refractivity contribution is 7.91. The molecular formula is C16H19NO5S2. The SMILES string of the molecule is COc1ccc(OC(=O)CCCN(C)S(=O)(=O)c2cccs2)cc1. The second-order valence-electron chi connectivity index (χ2n) is 5.01. The first kappa shape index (κ1) is 18.4. The van der Waals surface area contributed by atoms with E-state index in [1.807, 2.05) is 0 Å². The topological polar surface area (TPSA) is 72.9 Å². The molecule has 0 unspecified atom stereocenters. The molecule has 2 rings (SSSR count). The fraction of sp³-hybridized carbons (Fsp3) is 0.312. The van der Waals surface area contributed by atoms with Gasteiger partial charge in [0.1, 0.15) is 15.7 Å². The molecule has 0 radical (unpaired) electrons. The van der Waals surface area contributed by atoms with Gasteiger partial charge in [-0.2, -0.15) is 0 Å². The van der Waals surface area contributed by atoms with Crippen LogP contribution in [0, 0.1) is 0 Å². The Bertz CT molecular complexity index is 754. The van der Waals surface area contributed by atoms with E-state index in [2.05, 4.69) is 0 Å². The average molecular weight is 369 g/mol. The second-order valence-corrected chi connectivity index (χ2v) is 8.23. The molecule has 8 heteroatoms. The van der Waals surface area contributed by atoms with Gasteiger partial charge in [-0.05, 0) is 42.1 Å². The highest BCUT2D eigenvalue weighted by Crippen LogP contribution is 2.20. The number of nitrogens with zero attached hydrogens (tertiary/aromatic N) is 1. The van der Waals surface area contributed by atoms with Crippen LogP contribution in [0.5, 0.6) is 11.5 Å². The summed E-state index contributed by atoms with van der Waals surface area (Å²) in [6, 6.07) is 9.94. The van der Waals surface area contributed by atoms with Crippen molar-refractivity contribution in [2.24, 2.45) is 0 Å². The lowest BCUT2D eigenvalue weighted by Gasteiger charge is -2.15. The zero-order chi connectivity index (χ0) is 17.6. The number of thiophene rings is 1. The standard InChI is InChI=1S/C16H19NO5S2/c1-17(24(19,20)16-6-4-12-23-16)11-3-5-15(18)22-14-9-7-13(21-2)8-10-14/h4,6-10,12H,3,5,11H2,1-2H3. The monoisotopic (exact) mass is 369 g/mol. The summed E-state index contributed by atoms with van der Waals surface area (Å²) in [7, 11) is -0.413. The number of hydrogen-bond acceptors (Lipinski definition) is 6. The van der Waals surface area contributed by atoms with Gasteiger partial charge in [0, 0.05) is 20.0 Å². The maximum absolute atomic E-state index is 12.2. The zero-order valence-electron chi connectivity index (χ0n) is 13.5. The van der Waals surface area contributed by atoms with Gasteiger partial charge in [0.15, 0.2) is 0 Å². The highest BCUT2D eigenvalue weighted by atomic mass is 32.2. The van der Waals surface area contributed by atoms with Crippen molar-refractivity contribution in [1.29, 1.82) is 0 Å². The highest BCUT2D eigenvalue weighted by Gasteiger charge is 2.21. The molecular weight excluding hydrogens is 350 g/mol. The predicted molar refractivity (Wildman–Crippen MR) is 92.0 cm³/mol. The van der Waals surface area contributed by atoms with Gasteiger partial charge in [-0.25, -0.2) is 12.7 Å². The molecule has 1 aromatic heterocycles. The van der Waals surface area contributed by atoms with Crippen molar-refractivity contribution in [3.63, 3.8) is 0 Å². The Morgan fingerprint density at radius 2 is 1.83 bits per heavy atom. The van der Waals surface area contributed by atoms with Crippen LogP contribution in [0.15, 0.2) is 46.0 Å². The van der Waals surface area contributed by atoms with Crippen molar-refractivity contribution in [1.82, 2.24) is 4.31 Å². The van der Waals surface area contributed by atoms with Gasteiger partial charge in [-0.3, -0.25) is 4.79 Å². The first-order valence-electron chi connectivity index (χ1n) is 7.28. The number of benzene rings is 1. The van der Waals surface area contributed by atoms with Crippen molar-refractivity contribution in [3.05, 3.63) is 41.8 Å². The smallest absolute Gasteiger partial charge is 0.311 e. The first-order valence-corrected chi connectivity index (χ1v) is 9.60. The molecule has 24 heavy (non-hydrogen) atoms. The molecule has 1 heterocycles. The third-order valence-electron chi connectivity index (χ3n) is 3.30. The fourth-order valence-corrected chi connectivity index (χ4v) is 4.37. The average Bonchev–Trinajstić information content (AvgIpc) is 3.10. The molecule has 0 N–H and O–H groups in total. The van der Waals surface area contributed by atoms with Gasteiger partial charge < -0.3 is 9.47 Å². The largest absolute Gasteiger partial charge is 0.497 e. The van der Waals surface area contributed by atoms with Crippen molar-refractivity contribution < 1.29 is 22.7 Å². The van der Waals surface area contributed by atoms with E-state index in [-0.39, 0.29) is 13.0 Å². The quantitative estimate of drug-likeness (QED) is 0.528. The Balaban J connectivity index is 1.79. The molecule has 0 aliphatic rings. The van der Waals surface area contributed by atoms with Gasteiger partial charge >= 0.3 is 5.97 Å². The summed E-state index contributed by atoms with van der Waals surface area (Å²) in [5.74, 6) is 0.706. The molecule has 0 saturated carbocycles. The lowest BCUT2D eigenvalue weighted by molar-refractivity contribution is -0.134. The summed E-state index contributed by atoms with van der Waals surface area (Å²) in [4.78, 5) is 11.8. The molecule has 2 aromatic rings. The summed E-state index contributed by atoms with van der Waals surface area (Å²) in [5, 5.41) is 1.72. The molecule has 0 aliphatic heterocycles. The Kier molecular flexibility index (Phi) is 6.36. The van der Waals surface area contributed by atoms with Crippen LogP contribution in [0.25, 0.3) is 0 Å². The maximum atomic E-state index is 12.2. The number of rotatable bonds is 8. The van der Waals surface area contributed by atoms with E-state index in [0.29, 0.717) is 22.1 Å². The molecule has 0 atom stereocenters. The van der Waals surface area contributed by atoms with E-state index in [1.165, 1.54) is 22.7 Å². The Hall–Kier alpha value is -1.90. The van der Waals surface area contributed by atoms with Gasteiger partial charge in [0.25, 0.3) is 10.0 Å². The van der Waals surface area contributed by atoms with Crippen LogP contribution < -0.4 is 9.47 Å². The lowest BCUT2D eigenvalue weighted by atomic mass is 10.3. The van der Waals surface area contributed by atoms with Gasteiger partial charge in [0.2, 0.25) is 0 Å². The van der Waals surface area contributed by atoms with Crippen molar-refractivity contribution in [2.75, 3.05) is 20.7 Å². The predicted octanol–water partition coefficient (Wildman–Crippen LogP) is 2.76. The van der Waals surface area contributed by atoms with Crippen LogP contribution in [0.4, 0.5) is 0 Å². The molecule has 130 valence electrons. The summed E-state index contributed by atoms with van der Waals surface area (Å²) < 4.78 is 36.2. The third kappa shape index (κ3) is 4.80. The van der Waals surface area contributed by atoms with Crippen LogP contribution in [-0.2, 0) is 14.8 Å². The lowest BCUT2D eigenvalue weighted by Crippen LogP contribution is -2.28. The molecule has 0 fully saturated rings. The molecule has 1 aromatic carbocycles. The van der Waals surface area contributed by atoms with Crippen LogP contribution in [-0.4, -0.2) is 39.4 Å². The van der Waals surface area contributed by atoms with E-state index < -0.39 is 16.0 Å². The molecule has 0 spiro atoms. The van der Waals surface area contributed by atoms with E-state index >= 15 is 0 Å². The minimum Gasteiger partial charge on any atom is -0.497 e. The Morgan fingerprint density at radius 1 is 1.17 bits per heavy atom. The van der Waals surface area contributed by atoms with Crippen LogP contribution in [0.2, 0.25) is 0 Å². The molecule has 0 saturated heterocycles. The minimum atomic E-state index is -3.47. The van der Waals surface area contributed by atoms with Crippen molar-refractivity contribution >= 4 is 27.3 Å². The van der Waals surface area contributed by atoms with Crippen LogP contribution in [0.3, 0.4) is 0 Å².